The second-order valence-electron chi connectivity index (χ2n) is 2.68. The van der Waals surface area contributed by atoms with E-state index in [9.17, 15) is 15.0 Å². The van der Waals surface area contributed by atoms with Crippen LogP contribution >= 0.6 is 0 Å². The van der Waals surface area contributed by atoms with Crippen molar-refractivity contribution in [2.24, 2.45) is 0 Å². The molecular formula is C9H10O5. The highest BCUT2D eigenvalue weighted by molar-refractivity contribution is 5.78. The number of carboxylic acids is 1. The molecule has 0 fully saturated rings. The topological polar surface area (TPSA) is 87.0 Å². The van der Waals surface area contributed by atoms with Crippen molar-refractivity contribution < 1.29 is 24.9 Å². The maximum atomic E-state index is 10.5. The molecular weight excluding hydrogens is 188 g/mol. The predicted octanol–water partition coefficient (Wildman–Crippen LogP) is -0.0828. The first-order valence-corrected chi connectivity index (χ1v) is 3.81. The Morgan fingerprint density at radius 2 is 1.93 bits per heavy atom. The van der Waals surface area contributed by atoms with Crippen LogP contribution in [0.3, 0.4) is 0 Å². The number of aliphatic carboxylic acids is 1. The normalized spacial score (nSPS) is 11.1. The van der Waals surface area contributed by atoms with Gasteiger partial charge in [-0.05, 0) is 12.1 Å². The van der Waals surface area contributed by atoms with Gasteiger partial charge in [-0.15, -0.1) is 0 Å². The monoisotopic (exact) mass is 198 g/mol. The van der Waals surface area contributed by atoms with Crippen LogP contribution in [-0.4, -0.2) is 28.4 Å². The Hall–Kier alpha value is -1.59. The van der Waals surface area contributed by atoms with E-state index < -0.39 is 11.8 Å². The van der Waals surface area contributed by atoms with Crippen LogP contribution in [0, 0.1) is 0 Å². The number of rotatable bonds is 3. The van der Waals surface area contributed by atoms with Crippen LogP contribution in [0.15, 0.2) is 24.3 Å². The van der Waals surface area contributed by atoms with Crippen molar-refractivity contribution in [3.63, 3.8) is 0 Å². The summed E-state index contributed by atoms with van der Waals surface area (Å²) in [4.78, 5) is 10.5. The molecule has 0 aliphatic carbocycles. The van der Waals surface area contributed by atoms with E-state index in [0.29, 0.717) is 0 Å². The average molecular weight is 198 g/mol. The quantitative estimate of drug-likeness (QED) is 0.591. The van der Waals surface area contributed by atoms with E-state index in [1.807, 2.05) is 0 Å². The van der Waals surface area contributed by atoms with Gasteiger partial charge in [-0.3, -0.25) is 0 Å². The van der Waals surface area contributed by atoms with E-state index in [1.54, 1.807) is 6.07 Å². The third kappa shape index (κ3) is 1.68. The maximum Gasteiger partial charge on any atom is 0.369 e. The summed E-state index contributed by atoms with van der Waals surface area (Å²) in [6, 6.07) is 5.80. The lowest BCUT2D eigenvalue weighted by molar-refractivity contribution is -0.208. The molecule has 0 aliphatic heterocycles. The third-order valence-electron chi connectivity index (χ3n) is 1.78. The molecule has 0 aliphatic rings. The zero-order valence-corrected chi connectivity index (χ0v) is 7.47. The van der Waals surface area contributed by atoms with Gasteiger partial charge in [-0.2, -0.15) is 0 Å². The molecule has 3 N–H and O–H groups in total. The van der Waals surface area contributed by atoms with Gasteiger partial charge in [0.25, 0.3) is 5.79 Å². The zero-order valence-electron chi connectivity index (χ0n) is 7.47. The predicted molar refractivity (Wildman–Crippen MR) is 46.7 cm³/mol. The minimum Gasteiger partial charge on any atom is -0.496 e. The van der Waals surface area contributed by atoms with Gasteiger partial charge >= 0.3 is 5.97 Å². The maximum absolute atomic E-state index is 10.5. The number of hydrogen-bond acceptors (Lipinski definition) is 4. The summed E-state index contributed by atoms with van der Waals surface area (Å²) in [6.45, 7) is 0. The molecule has 76 valence electrons. The van der Waals surface area contributed by atoms with Gasteiger partial charge < -0.3 is 20.1 Å². The van der Waals surface area contributed by atoms with Crippen molar-refractivity contribution in [1.82, 2.24) is 0 Å². The third-order valence-corrected chi connectivity index (χ3v) is 1.78. The SMILES string of the molecule is COc1ccccc1C(O)(O)C(=O)O. The lowest BCUT2D eigenvalue weighted by atomic mass is 10.1. The fraction of sp³-hybridized carbons (Fsp3) is 0.222. The zero-order chi connectivity index (χ0) is 10.8. The van der Waals surface area contributed by atoms with Crippen molar-refractivity contribution in [1.29, 1.82) is 0 Å². The summed E-state index contributed by atoms with van der Waals surface area (Å²) in [5, 5.41) is 27.1. The summed E-state index contributed by atoms with van der Waals surface area (Å²) < 4.78 is 4.80. The molecule has 5 nitrogen and oxygen atoms in total. The Kier molecular flexibility index (Phi) is 2.73. The molecule has 0 spiro atoms. The van der Waals surface area contributed by atoms with Gasteiger partial charge in [-0.1, -0.05) is 12.1 Å². The molecule has 1 aromatic rings. The van der Waals surface area contributed by atoms with Crippen molar-refractivity contribution in [2.45, 2.75) is 5.79 Å². The Morgan fingerprint density at radius 3 is 2.43 bits per heavy atom. The van der Waals surface area contributed by atoms with E-state index in [1.165, 1.54) is 25.3 Å². The summed E-state index contributed by atoms with van der Waals surface area (Å²) in [5.41, 5.74) is -0.199. The summed E-state index contributed by atoms with van der Waals surface area (Å²) >= 11 is 0. The number of methoxy groups -OCH3 is 1. The Morgan fingerprint density at radius 1 is 1.36 bits per heavy atom. The van der Waals surface area contributed by atoms with E-state index in [2.05, 4.69) is 0 Å². The minimum atomic E-state index is -2.92. The number of ether oxygens (including phenoxy) is 1. The molecule has 1 rings (SSSR count). The Labute approximate surface area is 80.2 Å². The standard InChI is InChI=1S/C9H10O5/c1-14-7-5-3-2-4-6(7)9(12,13)8(10)11/h2-5,12-13H,1H3,(H,10,11). The summed E-state index contributed by atoms with van der Waals surface area (Å²) in [5.74, 6) is -4.56. The fourth-order valence-corrected chi connectivity index (χ4v) is 1.05. The van der Waals surface area contributed by atoms with Crippen molar-refractivity contribution >= 4 is 5.97 Å². The molecule has 0 aromatic heterocycles. The Balaban J connectivity index is 3.24. The van der Waals surface area contributed by atoms with E-state index in [4.69, 9.17) is 9.84 Å². The van der Waals surface area contributed by atoms with Gasteiger partial charge in [-0.25, -0.2) is 4.79 Å². The highest BCUT2D eigenvalue weighted by Crippen LogP contribution is 2.27. The van der Waals surface area contributed by atoms with Crippen LogP contribution < -0.4 is 4.74 Å². The molecule has 0 heterocycles. The highest BCUT2D eigenvalue weighted by atomic mass is 16.5. The molecule has 0 atom stereocenters. The number of carboxylic acid groups (broad SMARTS) is 1. The van der Waals surface area contributed by atoms with Gasteiger partial charge in [0, 0.05) is 0 Å². The second kappa shape index (κ2) is 3.65. The number of carbonyl (C=O) groups is 1. The molecule has 0 bridgehead atoms. The van der Waals surface area contributed by atoms with Crippen LogP contribution in [0.4, 0.5) is 0 Å². The molecule has 14 heavy (non-hydrogen) atoms. The van der Waals surface area contributed by atoms with Crippen molar-refractivity contribution in [3.05, 3.63) is 29.8 Å². The first kappa shape index (κ1) is 10.5. The van der Waals surface area contributed by atoms with Gasteiger partial charge in [0.15, 0.2) is 0 Å². The van der Waals surface area contributed by atoms with E-state index in [0.717, 1.165) is 0 Å². The fourth-order valence-electron chi connectivity index (χ4n) is 1.05. The van der Waals surface area contributed by atoms with Gasteiger partial charge in [0.05, 0.1) is 12.7 Å². The molecule has 0 radical (unpaired) electrons. The summed E-state index contributed by atoms with van der Waals surface area (Å²) in [7, 11) is 1.32. The smallest absolute Gasteiger partial charge is 0.369 e. The van der Waals surface area contributed by atoms with E-state index in [-0.39, 0.29) is 11.3 Å². The average Bonchev–Trinajstić information content (AvgIpc) is 2.17. The second-order valence-corrected chi connectivity index (χ2v) is 2.68. The Bertz CT molecular complexity index is 345. The van der Waals surface area contributed by atoms with Crippen molar-refractivity contribution in [3.8, 4) is 5.75 Å². The lowest BCUT2D eigenvalue weighted by Gasteiger charge is -2.18. The number of aliphatic hydroxyl groups is 2. The van der Waals surface area contributed by atoms with Crippen molar-refractivity contribution in [2.75, 3.05) is 7.11 Å². The lowest BCUT2D eigenvalue weighted by Crippen LogP contribution is -2.35. The van der Waals surface area contributed by atoms with Gasteiger partial charge in [0.2, 0.25) is 0 Å². The van der Waals surface area contributed by atoms with Gasteiger partial charge in [0.1, 0.15) is 5.75 Å². The van der Waals surface area contributed by atoms with Crippen LogP contribution in [0.1, 0.15) is 5.56 Å². The first-order valence-electron chi connectivity index (χ1n) is 3.81. The van der Waals surface area contributed by atoms with Crippen LogP contribution in [0.2, 0.25) is 0 Å². The highest BCUT2D eigenvalue weighted by Gasteiger charge is 2.37. The summed E-state index contributed by atoms with van der Waals surface area (Å²) in [6.07, 6.45) is 0. The largest absolute Gasteiger partial charge is 0.496 e. The number of benzene rings is 1. The molecule has 0 saturated carbocycles. The number of hydrogen-bond donors (Lipinski definition) is 3. The van der Waals surface area contributed by atoms with Crippen LogP contribution in [0.25, 0.3) is 0 Å². The minimum absolute atomic E-state index is 0.111. The molecule has 0 saturated heterocycles. The molecule has 0 unspecified atom stereocenters. The van der Waals surface area contributed by atoms with Crippen LogP contribution in [0.5, 0.6) is 5.75 Å². The van der Waals surface area contributed by atoms with E-state index >= 15 is 0 Å². The molecule has 1 aromatic carbocycles. The number of para-hydroxylation sites is 1. The first-order chi connectivity index (χ1) is 6.50. The van der Waals surface area contributed by atoms with Crippen LogP contribution in [-0.2, 0) is 10.6 Å². The molecule has 5 heteroatoms. The molecule has 0 amide bonds.